The molecule has 0 atom stereocenters. The quantitative estimate of drug-likeness (QED) is 0.456. The molecule has 8 heteroatoms. The fourth-order valence-electron chi connectivity index (χ4n) is 2.57. The lowest BCUT2D eigenvalue weighted by Gasteiger charge is -2.11. The zero-order valence-electron chi connectivity index (χ0n) is 14.5. The first-order chi connectivity index (χ1) is 13.0. The summed E-state index contributed by atoms with van der Waals surface area (Å²) >= 11 is 13.2. The van der Waals surface area contributed by atoms with Gasteiger partial charge in [0.2, 0.25) is 5.91 Å². The van der Waals surface area contributed by atoms with Gasteiger partial charge in [-0.3, -0.25) is 14.2 Å². The van der Waals surface area contributed by atoms with Gasteiger partial charge in [0.05, 0.1) is 20.9 Å². The van der Waals surface area contributed by atoms with Crippen molar-refractivity contribution in [1.29, 1.82) is 0 Å². The number of amides is 1. The molecule has 5 nitrogen and oxygen atoms in total. The third kappa shape index (κ3) is 4.64. The van der Waals surface area contributed by atoms with Crippen molar-refractivity contribution >= 4 is 57.5 Å². The third-order valence-corrected chi connectivity index (χ3v) is 5.62. The Morgan fingerprint density at radius 3 is 2.70 bits per heavy atom. The molecule has 3 rings (SSSR count). The van der Waals surface area contributed by atoms with Crippen molar-refractivity contribution in [2.45, 2.75) is 25.0 Å². The molecular formula is C19H17Cl2N3O2S. The van der Waals surface area contributed by atoms with Crippen molar-refractivity contribution in [1.82, 2.24) is 9.55 Å². The number of rotatable bonds is 6. The van der Waals surface area contributed by atoms with Crippen LogP contribution in [0.4, 0.5) is 5.69 Å². The van der Waals surface area contributed by atoms with Crippen molar-refractivity contribution in [2.75, 3.05) is 11.1 Å². The average molecular weight is 422 g/mol. The van der Waals surface area contributed by atoms with E-state index in [-0.39, 0.29) is 17.9 Å². The number of hydrogen-bond acceptors (Lipinski definition) is 4. The second-order valence-electron chi connectivity index (χ2n) is 5.74. The molecule has 0 saturated carbocycles. The summed E-state index contributed by atoms with van der Waals surface area (Å²) in [6, 6.07) is 12.2. The highest BCUT2D eigenvalue weighted by molar-refractivity contribution is 7.99. The SMILES string of the molecule is CCn1c(SCCC(=O)Nc2ccc(Cl)c(Cl)c2)nc2ccccc2c1=O. The zero-order valence-corrected chi connectivity index (χ0v) is 16.9. The maximum atomic E-state index is 12.6. The van der Waals surface area contributed by atoms with Crippen LogP contribution in [-0.4, -0.2) is 21.2 Å². The number of halogens is 2. The standard InChI is InChI=1S/C19H17Cl2N3O2S/c1-2-24-18(26)13-5-3-4-6-16(13)23-19(24)27-10-9-17(25)22-12-7-8-14(20)15(21)11-12/h3-8,11H,2,9-10H2,1H3,(H,22,25). The van der Waals surface area contributed by atoms with Crippen LogP contribution < -0.4 is 10.9 Å². The highest BCUT2D eigenvalue weighted by Gasteiger charge is 2.11. The van der Waals surface area contributed by atoms with Crippen LogP contribution in [0.1, 0.15) is 13.3 Å². The number of benzene rings is 2. The first-order valence-corrected chi connectivity index (χ1v) is 10.1. The van der Waals surface area contributed by atoms with Crippen LogP contribution >= 0.6 is 35.0 Å². The Labute approximate surface area is 170 Å². The molecule has 0 unspecified atom stereocenters. The summed E-state index contributed by atoms with van der Waals surface area (Å²) in [5, 5.41) is 4.81. The molecule has 0 fully saturated rings. The number of para-hydroxylation sites is 1. The van der Waals surface area contributed by atoms with E-state index in [1.54, 1.807) is 28.8 Å². The van der Waals surface area contributed by atoms with Crippen molar-refractivity contribution in [2.24, 2.45) is 0 Å². The summed E-state index contributed by atoms with van der Waals surface area (Å²) in [6.07, 6.45) is 0.275. The zero-order chi connectivity index (χ0) is 19.4. The Hall–Kier alpha value is -2.02. The van der Waals surface area contributed by atoms with Gasteiger partial charge in [0.25, 0.3) is 5.56 Å². The van der Waals surface area contributed by atoms with Gasteiger partial charge in [-0.25, -0.2) is 4.98 Å². The molecule has 1 amide bonds. The highest BCUT2D eigenvalue weighted by Crippen LogP contribution is 2.25. The molecule has 3 aromatic rings. The summed E-state index contributed by atoms with van der Waals surface area (Å²) in [5.74, 6) is 0.352. The molecule has 0 bridgehead atoms. The first-order valence-electron chi connectivity index (χ1n) is 8.37. The van der Waals surface area contributed by atoms with E-state index in [0.29, 0.717) is 44.1 Å². The molecule has 0 radical (unpaired) electrons. The molecule has 1 heterocycles. The number of aromatic nitrogens is 2. The fourth-order valence-corrected chi connectivity index (χ4v) is 3.87. The minimum Gasteiger partial charge on any atom is -0.326 e. The fraction of sp³-hybridized carbons (Fsp3) is 0.211. The van der Waals surface area contributed by atoms with Crippen LogP contribution in [0.5, 0.6) is 0 Å². The van der Waals surface area contributed by atoms with E-state index in [1.165, 1.54) is 11.8 Å². The van der Waals surface area contributed by atoms with Crippen molar-refractivity contribution in [3.8, 4) is 0 Å². The van der Waals surface area contributed by atoms with Gasteiger partial charge >= 0.3 is 0 Å². The number of nitrogens with zero attached hydrogens (tertiary/aromatic N) is 2. The van der Waals surface area contributed by atoms with Gasteiger partial charge in [-0.05, 0) is 37.3 Å². The topological polar surface area (TPSA) is 64.0 Å². The largest absolute Gasteiger partial charge is 0.326 e. The van der Waals surface area contributed by atoms with Crippen molar-refractivity contribution in [3.05, 3.63) is 62.9 Å². The van der Waals surface area contributed by atoms with Gasteiger partial charge in [-0.2, -0.15) is 0 Å². The summed E-state index contributed by atoms with van der Waals surface area (Å²) in [4.78, 5) is 29.3. The predicted octanol–water partition coefficient (Wildman–Crippen LogP) is 4.84. The lowest BCUT2D eigenvalue weighted by molar-refractivity contribution is -0.115. The number of nitrogens with one attached hydrogen (secondary N) is 1. The molecule has 0 aliphatic heterocycles. The number of hydrogen-bond donors (Lipinski definition) is 1. The smallest absolute Gasteiger partial charge is 0.262 e. The number of carbonyl (C=O) groups excluding carboxylic acids is 1. The number of thioether (sulfide) groups is 1. The molecule has 2 aromatic carbocycles. The minimum absolute atomic E-state index is 0.0640. The Morgan fingerprint density at radius 2 is 1.96 bits per heavy atom. The van der Waals surface area contributed by atoms with Crippen LogP contribution in [0.2, 0.25) is 10.0 Å². The Morgan fingerprint density at radius 1 is 1.19 bits per heavy atom. The number of anilines is 1. The maximum absolute atomic E-state index is 12.6. The van der Waals surface area contributed by atoms with Gasteiger partial charge in [0.1, 0.15) is 0 Å². The lowest BCUT2D eigenvalue weighted by atomic mass is 10.2. The molecule has 140 valence electrons. The lowest BCUT2D eigenvalue weighted by Crippen LogP contribution is -2.22. The Kier molecular flexibility index (Phi) is 6.42. The summed E-state index contributed by atoms with van der Waals surface area (Å²) in [7, 11) is 0. The van der Waals surface area contributed by atoms with Crippen LogP contribution in [0, 0.1) is 0 Å². The van der Waals surface area contributed by atoms with E-state index in [1.807, 2.05) is 25.1 Å². The third-order valence-electron chi connectivity index (χ3n) is 3.91. The summed E-state index contributed by atoms with van der Waals surface area (Å²) in [5.41, 5.74) is 1.19. The monoisotopic (exact) mass is 421 g/mol. The van der Waals surface area contributed by atoms with Gasteiger partial charge < -0.3 is 5.32 Å². The number of carbonyl (C=O) groups is 1. The number of fused-ring (bicyclic) bond motifs is 1. The van der Waals surface area contributed by atoms with Crippen molar-refractivity contribution < 1.29 is 4.79 Å². The van der Waals surface area contributed by atoms with E-state index in [0.717, 1.165) is 0 Å². The molecule has 27 heavy (non-hydrogen) atoms. The van der Waals surface area contributed by atoms with Gasteiger partial charge in [0, 0.05) is 24.4 Å². The van der Waals surface area contributed by atoms with Crippen LogP contribution in [0.25, 0.3) is 10.9 Å². The van der Waals surface area contributed by atoms with E-state index in [2.05, 4.69) is 10.3 Å². The molecule has 0 saturated heterocycles. The van der Waals surface area contributed by atoms with E-state index in [4.69, 9.17) is 23.2 Å². The molecule has 1 N–H and O–H groups in total. The van der Waals surface area contributed by atoms with Gasteiger partial charge in [-0.1, -0.05) is 47.1 Å². The predicted molar refractivity (Wildman–Crippen MR) is 112 cm³/mol. The summed E-state index contributed by atoms with van der Waals surface area (Å²) in [6.45, 7) is 2.42. The second kappa shape index (κ2) is 8.78. The Balaban J connectivity index is 1.67. The van der Waals surface area contributed by atoms with E-state index < -0.39 is 0 Å². The molecule has 0 spiro atoms. The van der Waals surface area contributed by atoms with E-state index in [9.17, 15) is 9.59 Å². The Bertz CT molecular complexity index is 1050. The van der Waals surface area contributed by atoms with Crippen LogP contribution in [0.15, 0.2) is 52.4 Å². The molecule has 1 aromatic heterocycles. The molecular weight excluding hydrogens is 405 g/mol. The van der Waals surface area contributed by atoms with E-state index >= 15 is 0 Å². The van der Waals surface area contributed by atoms with Crippen molar-refractivity contribution in [3.63, 3.8) is 0 Å². The maximum Gasteiger partial charge on any atom is 0.262 e. The average Bonchev–Trinajstić information content (AvgIpc) is 2.65. The second-order valence-corrected chi connectivity index (χ2v) is 7.61. The molecule has 0 aliphatic rings. The highest BCUT2D eigenvalue weighted by atomic mass is 35.5. The first kappa shape index (κ1) is 19.7. The van der Waals surface area contributed by atoms with Gasteiger partial charge in [-0.15, -0.1) is 0 Å². The normalized spacial score (nSPS) is 10.9. The molecule has 0 aliphatic carbocycles. The minimum atomic E-state index is -0.146. The van der Waals surface area contributed by atoms with Crippen LogP contribution in [-0.2, 0) is 11.3 Å². The summed E-state index contributed by atoms with van der Waals surface area (Å²) < 4.78 is 1.63. The van der Waals surface area contributed by atoms with Gasteiger partial charge in [0.15, 0.2) is 5.16 Å². The van der Waals surface area contributed by atoms with Crippen LogP contribution in [0.3, 0.4) is 0 Å².